The summed E-state index contributed by atoms with van der Waals surface area (Å²) in [6.45, 7) is 1.90. The normalized spacial score (nSPS) is 12.4. The molecule has 2 aromatic heterocycles. The summed E-state index contributed by atoms with van der Waals surface area (Å²) in [6, 6.07) is 5.42. The van der Waals surface area contributed by atoms with E-state index in [0.717, 1.165) is 8.64 Å². The van der Waals surface area contributed by atoms with Gasteiger partial charge in [-0.25, -0.2) is 0 Å². The molecule has 0 radical (unpaired) electrons. The van der Waals surface area contributed by atoms with Crippen LogP contribution < -0.4 is 5.32 Å². The van der Waals surface area contributed by atoms with Crippen molar-refractivity contribution < 1.29 is 9.21 Å². The molecule has 0 aromatic carbocycles. The Morgan fingerprint density at radius 2 is 2.44 bits per heavy atom. The van der Waals surface area contributed by atoms with Gasteiger partial charge >= 0.3 is 0 Å². The minimum atomic E-state index is -0.111. The fourth-order valence-corrected chi connectivity index (χ4v) is 2.64. The van der Waals surface area contributed by atoms with Gasteiger partial charge in [0.15, 0.2) is 0 Å². The zero-order valence-corrected chi connectivity index (χ0v) is 11.5. The molecule has 84 valence electrons. The van der Waals surface area contributed by atoms with E-state index in [2.05, 4.69) is 27.9 Å². The number of hydrogen-bond donors (Lipinski definition) is 1. The molecule has 1 unspecified atom stereocenters. The molecular formula is C11H10INO2S. The van der Waals surface area contributed by atoms with Crippen LogP contribution in [0.5, 0.6) is 0 Å². The highest BCUT2D eigenvalue weighted by molar-refractivity contribution is 14.1. The first-order valence-corrected chi connectivity index (χ1v) is 6.71. The summed E-state index contributed by atoms with van der Waals surface area (Å²) in [7, 11) is 0. The average molecular weight is 347 g/mol. The molecule has 3 nitrogen and oxygen atoms in total. The van der Waals surface area contributed by atoms with Gasteiger partial charge in [0.2, 0.25) is 0 Å². The third-order valence-corrected chi connectivity index (χ3v) is 3.94. The van der Waals surface area contributed by atoms with E-state index in [1.807, 2.05) is 30.5 Å². The van der Waals surface area contributed by atoms with E-state index < -0.39 is 0 Å². The number of halogens is 1. The van der Waals surface area contributed by atoms with Gasteiger partial charge in [0.1, 0.15) is 5.76 Å². The van der Waals surface area contributed by atoms with Gasteiger partial charge in [0.25, 0.3) is 5.91 Å². The van der Waals surface area contributed by atoms with Crippen LogP contribution >= 0.6 is 33.9 Å². The van der Waals surface area contributed by atoms with Crippen molar-refractivity contribution in [3.8, 4) is 0 Å². The molecule has 2 rings (SSSR count). The van der Waals surface area contributed by atoms with Crippen LogP contribution in [0.15, 0.2) is 34.3 Å². The summed E-state index contributed by atoms with van der Waals surface area (Å²) in [5.74, 6) is 0.696. The van der Waals surface area contributed by atoms with Gasteiger partial charge in [-0.05, 0) is 47.7 Å². The van der Waals surface area contributed by atoms with Crippen molar-refractivity contribution >= 4 is 39.8 Å². The van der Waals surface area contributed by atoms with Crippen LogP contribution in [0.25, 0.3) is 0 Å². The molecule has 0 saturated heterocycles. The van der Waals surface area contributed by atoms with Crippen molar-refractivity contribution in [3.05, 3.63) is 44.0 Å². The lowest BCUT2D eigenvalue weighted by Gasteiger charge is -2.10. The van der Waals surface area contributed by atoms with E-state index in [4.69, 9.17) is 4.42 Å². The van der Waals surface area contributed by atoms with Gasteiger partial charge in [-0.2, -0.15) is 0 Å². The number of hydrogen-bond acceptors (Lipinski definition) is 3. The Kier molecular flexibility index (Phi) is 3.65. The Hall–Kier alpha value is -0.820. The van der Waals surface area contributed by atoms with Crippen LogP contribution in [0.1, 0.15) is 29.1 Å². The second kappa shape index (κ2) is 5.01. The van der Waals surface area contributed by atoms with Crippen molar-refractivity contribution in [1.82, 2.24) is 5.32 Å². The molecule has 0 saturated carbocycles. The van der Waals surface area contributed by atoms with Crippen molar-refractivity contribution in [2.24, 2.45) is 0 Å². The number of rotatable bonds is 3. The van der Waals surface area contributed by atoms with Crippen LogP contribution in [0.2, 0.25) is 0 Å². The summed E-state index contributed by atoms with van der Waals surface area (Å²) < 4.78 is 6.33. The number of nitrogens with one attached hydrogen (secondary N) is 1. The molecule has 0 bridgehead atoms. The lowest BCUT2D eigenvalue weighted by atomic mass is 10.2. The summed E-state index contributed by atoms with van der Waals surface area (Å²) in [4.78, 5) is 11.8. The molecule has 0 aliphatic heterocycles. The molecule has 1 amide bonds. The molecule has 0 fully saturated rings. The molecular weight excluding hydrogens is 337 g/mol. The van der Waals surface area contributed by atoms with Crippen LogP contribution in [0.3, 0.4) is 0 Å². The Morgan fingerprint density at radius 1 is 1.62 bits per heavy atom. The van der Waals surface area contributed by atoms with Crippen molar-refractivity contribution in [2.45, 2.75) is 13.0 Å². The largest absolute Gasteiger partial charge is 0.467 e. The molecule has 16 heavy (non-hydrogen) atoms. The van der Waals surface area contributed by atoms with Gasteiger partial charge in [-0.15, -0.1) is 11.3 Å². The van der Waals surface area contributed by atoms with E-state index >= 15 is 0 Å². The Morgan fingerprint density at radius 3 is 3.00 bits per heavy atom. The maximum atomic E-state index is 11.8. The van der Waals surface area contributed by atoms with Crippen LogP contribution in [-0.4, -0.2) is 5.91 Å². The van der Waals surface area contributed by atoms with E-state index in [-0.39, 0.29) is 11.9 Å². The molecule has 2 aromatic rings. The zero-order valence-electron chi connectivity index (χ0n) is 8.57. The second-order valence-electron chi connectivity index (χ2n) is 3.35. The molecule has 0 spiro atoms. The monoisotopic (exact) mass is 347 g/mol. The summed E-state index contributed by atoms with van der Waals surface area (Å²) in [5.41, 5.74) is 0.702. The topological polar surface area (TPSA) is 42.2 Å². The number of carbonyl (C=O) groups is 1. The maximum absolute atomic E-state index is 11.8. The van der Waals surface area contributed by atoms with Crippen LogP contribution in [-0.2, 0) is 0 Å². The molecule has 2 heterocycles. The highest BCUT2D eigenvalue weighted by Crippen LogP contribution is 2.18. The summed E-state index contributed by atoms with van der Waals surface area (Å²) >= 11 is 3.76. The quantitative estimate of drug-likeness (QED) is 0.865. The summed E-state index contributed by atoms with van der Waals surface area (Å²) in [6.07, 6.45) is 1.60. The summed E-state index contributed by atoms with van der Waals surface area (Å²) in [5, 5.41) is 4.74. The fraction of sp³-hybridized carbons (Fsp3) is 0.182. The second-order valence-corrected chi connectivity index (χ2v) is 6.16. The molecule has 0 aliphatic carbocycles. The Balaban J connectivity index is 2.03. The third-order valence-electron chi connectivity index (χ3n) is 2.15. The highest BCUT2D eigenvalue weighted by Gasteiger charge is 2.14. The molecule has 1 N–H and O–H groups in total. The fourth-order valence-electron chi connectivity index (χ4n) is 1.32. The zero-order chi connectivity index (χ0) is 11.5. The lowest BCUT2D eigenvalue weighted by molar-refractivity contribution is 0.0936. The van der Waals surface area contributed by atoms with Gasteiger partial charge in [0, 0.05) is 5.38 Å². The van der Waals surface area contributed by atoms with Gasteiger partial charge in [-0.1, -0.05) is 0 Å². The maximum Gasteiger partial charge on any atom is 0.252 e. The molecule has 5 heteroatoms. The number of amides is 1. The van der Waals surface area contributed by atoms with Crippen LogP contribution in [0, 0.1) is 2.88 Å². The molecule has 1 atom stereocenters. The third kappa shape index (κ3) is 2.65. The Labute approximate surface area is 111 Å². The first-order chi connectivity index (χ1) is 7.66. The van der Waals surface area contributed by atoms with Crippen LogP contribution in [0.4, 0.5) is 0 Å². The van der Waals surface area contributed by atoms with E-state index in [1.54, 1.807) is 17.6 Å². The number of furan rings is 1. The molecule has 0 aliphatic rings. The van der Waals surface area contributed by atoms with Gasteiger partial charge in [-0.3, -0.25) is 4.79 Å². The Bertz CT molecular complexity index is 478. The van der Waals surface area contributed by atoms with Crippen molar-refractivity contribution in [3.63, 3.8) is 0 Å². The van der Waals surface area contributed by atoms with E-state index in [1.165, 1.54) is 0 Å². The minimum absolute atomic E-state index is 0.0666. The minimum Gasteiger partial charge on any atom is -0.467 e. The standard InChI is InChI=1S/C11H10INO2S/c1-7(9-3-2-4-15-9)13-11(14)8-5-10(12)16-6-8/h2-7H,1H3,(H,13,14). The first-order valence-electron chi connectivity index (χ1n) is 4.75. The SMILES string of the molecule is CC(NC(=O)c1csc(I)c1)c1ccco1. The smallest absolute Gasteiger partial charge is 0.252 e. The predicted molar refractivity (Wildman–Crippen MR) is 71.6 cm³/mol. The van der Waals surface area contributed by atoms with E-state index in [9.17, 15) is 4.79 Å². The van der Waals surface area contributed by atoms with Crippen molar-refractivity contribution in [1.29, 1.82) is 0 Å². The first kappa shape index (κ1) is 11.7. The van der Waals surface area contributed by atoms with E-state index in [0.29, 0.717) is 5.56 Å². The van der Waals surface area contributed by atoms with Crippen molar-refractivity contribution in [2.75, 3.05) is 0 Å². The predicted octanol–water partition coefficient (Wildman–Crippen LogP) is 3.44. The van der Waals surface area contributed by atoms with Gasteiger partial charge in [0.05, 0.1) is 20.8 Å². The lowest BCUT2D eigenvalue weighted by Crippen LogP contribution is -2.25. The average Bonchev–Trinajstić information content (AvgIpc) is 2.87. The highest BCUT2D eigenvalue weighted by atomic mass is 127. The number of carbonyl (C=O) groups excluding carboxylic acids is 1. The number of thiophene rings is 1. The van der Waals surface area contributed by atoms with Gasteiger partial charge < -0.3 is 9.73 Å².